The minimum Gasteiger partial charge on any atom is -0.329 e. The Balaban J connectivity index is 3.15. The summed E-state index contributed by atoms with van der Waals surface area (Å²) in [5.41, 5.74) is 10.5. The van der Waals surface area contributed by atoms with Crippen molar-refractivity contribution < 1.29 is 13.2 Å². The van der Waals surface area contributed by atoms with Gasteiger partial charge in [0.25, 0.3) is 6.43 Å². The third-order valence-electron chi connectivity index (χ3n) is 1.94. The quantitative estimate of drug-likeness (QED) is 0.787. The van der Waals surface area contributed by atoms with Crippen LogP contribution >= 0.6 is 0 Å². The molecule has 0 aliphatic heterocycles. The Kier molecular flexibility index (Phi) is 3.49. The number of nitrogens with two attached hydrogens (primary N) is 2. The lowest BCUT2D eigenvalue weighted by Crippen LogP contribution is -2.22. The number of hydrogen-bond acceptors (Lipinski definition) is 2. The molecule has 0 saturated carbocycles. The maximum absolute atomic E-state index is 12.8. The molecule has 4 N–H and O–H groups in total. The zero-order valence-corrected chi connectivity index (χ0v) is 7.38. The van der Waals surface area contributed by atoms with E-state index in [0.717, 1.165) is 18.2 Å². The molecule has 1 rings (SSSR count). The Labute approximate surface area is 79.7 Å². The van der Waals surface area contributed by atoms with Crippen LogP contribution in [0.25, 0.3) is 0 Å². The summed E-state index contributed by atoms with van der Waals surface area (Å²) in [6.07, 6.45) is -2.66. The lowest BCUT2D eigenvalue weighted by molar-refractivity contribution is 0.149. The van der Waals surface area contributed by atoms with Crippen LogP contribution in [0.1, 0.15) is 23.6 Å². The van der Waals surface area contributed by atoms with Gasteiger partial charge in [-0.3, -0.25) is 0 Å². The standard InChI is InChI=1S/C9H11F3N2/c10-5-1-2-6(9(11)12)7(3-5)8(14)4-13/h1-3,8-9H,4,13-14H2/t8-/m1/s1. The first-order valence-corrected chi connectivity index (χ1v) is 4.09. The van der Waals surface area contributed by atoms with Crippen LogP contribution in [0.5, 0.6) is 0 Å². The Bertz CT molecular complexity index is 315. The minimum atomic E-state index is -2.66. The van der Waals surface area contributed by atoms with Crippen LogP contribution in [-0.4, -0.2) is 6.54 Å². The van der Waals surface area contributed by atoms with Crippen LogP contribution in [0.2, 0.25) is 0 Å². The van der Waals surface area contributed by atoms with E-state index in [2.05, 4.69) is 0 Å². The molecule has 0 bridgehead atoms. The van der Waals surface area contributed by atoms with Crippen LogP contribution in [0, 0.1) is 5.82 Å². The van der Waals surface area contributed by atoms with Crippen molar-refractivity contribution in [3.05, 3.63) is 35.1 Å². The number of halogens is 3. The first-order valence-electron chi connectivity index (χ1n) is 4.09. The Hall–Kier alpha value is -1.07. The van der Waals surface area contributed by atoms with Crippen molar-refractivity contribution in [1.82, 2.24) is 0 Å². The lowest BCUT2D eigenvalue weighted by atomic mass is 10.0. The zero-order chi connectivity index (χ0) is 10.7. The third kappa shape index (κ3) is 2.24. The van der Waals surface area contributed by atoms with Crippen LogP contribution in [-0.2, 0) is 0 Å². The fourth-order valence-electron chi connectivity index (χ4n) is 1.19. The van der Waals surface area contributed by atoms with E-state index in [-0.39, 0.29) is 17.7 Å². The topological polar surface area (TPSA) is 52.0 Å². The number of benzene rings is 1. The second-order valence-electron chi connectivity index (χ2n) is 2.92. The molecule has 1 atom stereocenters. The maximum atomic E-state index is 12.8. The molecule has 78 valence electrons. The smallest absolute Gasteiger partial charge is 0.264 e. The van der Waals surface area contributed by atoms with Gasteiger partial charge >= 0.3 is 0 Å². The number of alkyl halides is 2. The van der Waals surface area contributed by atoms with Gasteiger partial charge in [-0.15, -0.1) is 0 Å². The highest BCUT2D eigenvalue weighted by Crippen LogP contribution is 2.26. The van der Waals surface area contributed by atoms with Crippen molar-refractivity contribution in [3.63, 3.8) is 0 Å². The summed E-state index contributed by atoms with van der Waals surface area (Å²) in [7, 11) is 0. The van der Waals surface area contributed by atoms with Crippen LogP contribution in [0.15, 0.2) is 18.2 Å². The lowest BCUT2D eigenvalue weighted by Gasteiger charge is -2.14. The van der Waals surface area contributed by atoms with E-state index < -0.39 is 18.3 Å². The van der Waals surface area contributed by atoms with Gasteiger partial charge in [0, 0.05) is 18.2 Å². The summed E-state index contributed by atoms with van der Waals surface area (Å²) in [4.78, 5) is 0. The molecule has 0 aliphatic carbocycles. The molecular weight excluding hydrogens is 193 g/mol. The van der Waals surface area contributed by atoms with Crippen molar-refractivity contribution in [2.75, 3.05) is 6.54 Å². The summed E-state index contributed by atoms with van der Waals surface area (Å²) in [5.74, 6) is -0.590. The molecule has 0 aliphatic rings. The number of rotatable bonds is 3. The van der Waals surface area contributed by atoms with E-state index in [0.29, 0.717) is 0 Å². The molecule has 5 heteroatoms. The molecule has 0 heterocycles. The normalized spacial score (nSPS) is 13.3. The molecule has 1 aromatic rings. The molecule has 0 aromatic heterocycles. The first kappa shape index (κ1) is 11.0. The summed E-state index contributed by atoms with van der Waals surface area (Å²) < 4.78 is 37.6. The monoisotopic (exact) mass is 204 g/mol. The van der Waals surface area contributed by atoms with Gasteiger partial charge < -0.3 is 11.5 Å². The van der Waals surface area contributed by atoms with Gasteiger partial charge in [-0.25, -0.2) is 13.2 Å². The first-order chi connectivity index (χ1) is 6.56. The largest absolute Gasteiger partial charge is 0.329 e. The summed E-state index contributed by atoms with van der Waals surface area (Å²) in [6.45, 7) is 0.00315. The van der Waals surface area contributed by atoms with Gasteiger partial charge in [-0.2, -0.15) is 0 Å². The van der Waals surface area contributed by atoms with Crippen molar-refractivity contribution in [1.29, 1.82) is 0 Å². The fraction of sp³-hybridized carbons (Fsp3) is 0.333. The highest BCUT2D eigenvalue weighted by atomic mass is 19.3. The minimum absolute atomic E-state index is 0.00315. The molecule has 0 unspecified atom stereocenters. The van der Waals surface area contributed by atoms with Crippen molar-refractivity contribution in [2.45, 2.75) is 12.5 Å². The average molecular weight is 204 g/mol. The highest BCUT2D eigenvalue weighted by molar-refractivity contribution is 5.31. The predicted molar refractivity (Wildman–Crippen MR) is 47.3 cm³/mol. The zero-order valence-electron chi connectivity index (χ0n) is 7.38. The summed E-state index contributed by atoms with van der Waals surface area (Å²) >= 11 is 0. The van der Waals surface area contributed by atoms with Gasteiger partial charge in [0.05, 0.1) is 0 Å². The predicted octanol–water partition coefficient (Wildman–Crippen LogP) is 1.72. The van der Waals surface area contributed by atoms with E-state index >= 15 is 0 Å². The molecule has 1 aromatic carbocycles. The molecule has 2 nitrogen and oxygen atoms in total. The Morgan fingerprint density at radius 3 is 2.36 bits per heavy atom. The van der Waals surface area contributed by atoms with E-state index in [4.69, 9.17) is 11.5 Å². The Morgan fingerprint density at radius 1 is 1.21 bits per heavy atom. The van der Waals surface area contributed by atoms with Gasteiger partial charge in [0.2, 0.25) is 0 Å². The summed E-state index contributed by atoms with van der Waals surface area (Å²) in [5, 5.41) is 0. The number of hydrogen-bond donors (Lipinski definition) is 2. The second-order valence-corrected chi connectivity index (χ2v) is 2.92. The van der Waals surface area contributed by atoms with E-state index in [9.17, 15) is 13.2 Å². The fourth-order valence-corrected chi connectivity index (χ4v) is 1.19. The van der Waals surface area contributed by atoms with Crippen molar-refractivity contribution in [2.24, 2.45) is 11.5 Å². The van der Waals surface area contributed by atoms with Gasteiger partial charge in [0.1, 0.15) is 5.82 Å². The molecular formula is C9H11F3N2. The van der Waals surface area contributed by atoms with Crippen molar-refractivity contribution in [3.8, 4) is 0 Å². The SMILES string of the molecule is NC[C@@H](N)c1cc(F)ccc1C(F)F. The molecule has 0 radical (unpaired) electrons. The van der Waals surface area contributed by atoms with Gasteiger partial charge in [-0.1, -0.05) is 6.07 Å². The third-order valence-corrected chi connectivity index (χ3v) is 1.94. The van der Waals surface area contributed by atoms with E-state index in [1.807, 2.05) is 0 Å². The highest BCUT2D eigenvalue weighted by Gasteiger charge is 2.17. The second kappa shape index (κ2) is 4.43. The molecule has 14 heavy (non-hydrogen) atoms. The van der Waals surface area contributed by atoms with Gasteiger partial charge in [0.15, 0.2) is 0 Å². The van der Waals surface area contributed by atoms with Crippen molar-refractivity contribution >= 4 is 0 Å². The van der Waals surface area contributed by atoms with E-state index in [1.54, 1.807) is 0 Å². The van der Waals surface area contributed by atoms with E-state index in [1.165, 1.54) is 0 Å². The molecule has 0 spiro atoms. The van der Waals surface area contributed by atoms with Crippen LogP contribution in [0.3, 0.4) is 0 Å². The van der Waals surface area contributed by atoms with Crippen LogP contribution < -0.4 is 11.5 Å². The summed E-state index contributed by atoms with van der Waals surface area (Å²) in [6, 6.07) is 2.26. The Morgan fingerprint density at radius 2 is 1.86 bits per heavy atom. The van der Waals surface area contributed by atoms with Crippen LogP contribution in [0.4, 0.5) is 13.2 Å². The van der Waals surface area contributed by atoms with Gasteiger partial charge in [-0.05, 0) is 17.7 Å². The molecule has 0 saturated heterocycles. The molecule has 0 fully saturated rings. The maximum Gasteiger partial charge on any atom is 0.264 e. The average Bonchev–Trinajstić information content (AvgIpc) is 2.16. The molecule has 0 amide bonds.